The summed E-state index contributed by atoms with van der Waals surface area (Å²) in [6, 6.07) is 10.4. The maximum absolute atomic E-state index is 5.50. The van der Waals surface area contributed by atoms with Gasteiger partial charge in [0.2, 0.25) is 5.95 Å². The third kappa shape index (κ3) is 4.03. The fourth-order valence-corrected chi connectivity index (χ4v) is 1.88. The molecule has 1 heterocycles. The molecule has 2 N–H and O–H groups in total. The van der Waals surface area contributed by atoms with Crippen LogP contribution in [0.25, 0.3) is 0 Å². The third-order valence-electron chi connectivity index (χ3n) is 3.04. The molecule has 19 heavy (non-hydrogen) atoms. The predicted octanol–water partition coefficient (Wildman–Crippen LogP) is 1.66. The van der Waals surface area contributed by atoms with Gasteiger partial charge in [-0.1, -0.05) is 30.3 Å². The quantitative estimate of drug-likeness (QED) is 0.854. The SMILES string of the molecule is CN(CCc1ccccc1)c1ncc(CCN)cn1. The molecule has 0 aliphatic heterocycles. The van der Waals surface area contributed by atoms with Crippen molar-refractivity contribution in [1.82, 2.24) is 9.97 Å². The van der Waals surface area contributed by atoms with Gasteiger partial charge in [-0.25, -0.2) is 9.97 Å². The molecule has 4 nitrogen and oxygen atoms in total. The van der Waals surface area contributed by atoms with Crippen LogP contribution in [0.2, 0.25) is 0 Å². The molecule has 0 saturated heterocycles. The Kier molecular flexibility index (Phi) is 4.86. The average Bonchev–Trinajstić information content (AvgIpc) is 2.47. The summed E-state index contributed by atoms with van der Waals surface area (Å²) in [6.45, 7) is 1.53. The second-order valence-electron chi connectivity index (χ2n) is 4.59. The van der Waals surface area contributed by atoms with Gasteiger partial charge >= 0.3 is 0 Å². The highest BCUT2D eigenvalue weighted by atomic mass is 15.2. The van der Waals surface area contributed by atoms with Crippen molar-refractivity contribution < 1.29 is 0 Å². The number of hydrogen-bond donors (Lipinski definition) is 1. The third-order valence-corrected chi connectivity index (χ3v) is 3.04. The Morgan fingerprint density at radius 3 is 2.32 bits per heavy atom. The molecule has 1 aromatic heterocycles. The molecule has 0 spiro atoms. The van der Waals surface area contributed by atoms with E-state index < -0.39 is 0 Å². The Morgan fingerprint density at radius 2 is 1.68 bits per heavy atom. The van der Waals surface area contributed by atoms with Gasteiger partial charge in [0, 0.05) is 26.0 Å². The second kappa shape index (κ2) is 6.85. The van der Waals surface area contributed by atoms with Gasteiger partial charge in [0.15, 0.2) is 0 Å². The number of nitrogens with zero attached hydrogens (tertiary/aromatic N) is 3. The van der Waals surface area contributed by atoms with Gasteiger partial charge in [-0.15, -0.1) is 0 Å². The standard InChI is InChI=1S/C15H20N4/c1-19(10-8-13-5-3-2-4-6-13)15-17-11-14(7-9-16)12-18-15/h2-6,11-12H,7-10,16H2,1H3. The lowest BCUT2D eigenvalue weighted by molar-refractivity contribution is 0.830. The minimum atomic E-state index is 0.632. The summed E-state index contributed by atoms with van der Waals surface area (Å²) >= 11 is 0. The molecule has 0 radical (unpaired) electrons. The van der Waals surface area contributed by atoms with Crippen molar-refractivity contribution in [3.8, 4) is 0 Å². The molecule has 0 amide bonds. The minimum Gasteiger partial charge on any atom is -0.344 e. The second-order valence-corrected chi connectivity index (χ2v) is 4.59. The number of rotatable bonds is 6. The molecule has 100 valence electrons. The molecule has 0 unspecified atom stereocenters. The fraction of sp³-hybridized carbons (Fsp3) is 0.333. The van der Waals surface area contributed by atoms with Crippen LogP contribution in [0.1, 0.15) is 11.1 Å². The summed E-state index contributed by atoms with van der Waals surface area (Å²) in [4.78, 5) is 10.8. The molecule has 2 rings (SSSR count). The zero-order valence-corrected chi connectivity index (χ0v) is 11.3. The lowest BCUT2D eigenvalue weighted by atomic mass is 10.1. The van der Waals surface area contributed by atoms with E-state index in [4.69, 9.17) is 5.73 Å². The molecular weight excluding hydrogens is 236 g/mol. The highest BCUT2D eigenvalue weighted by molar-refractivity contribution is 5.29. The van der Waals surface area contributed by atoms with Gasteiger partial charge in [0.1, 0.15) is 0 Å². The van der Waals surface area contributed by atoms with Crippen LogP contribution < -0.4 is 10.6 Å². The highest BCUT2D eigenvalue weighted by Crippen LogP contribution is 2.07. The van der Waals surface area contributed by atoms with E-state index in [0.717, 1.165) is 30.9 Å². The van der Waals surface area contributed by atoms with Crippen LogP contribution in [-0.4, -0.2) is 30.1 Å². The number of aromatic nitrogens is 2. The molecule has 0 saturated carbocycles. The van der Waals surface area contributed by atoms with E-state index >= 15 is 0 Å². The summed E-state index contributed by atoms with van der Waals surface area (Å²) in [5.74, 6) is 0.761. The van der Waals surface area contributed by atoms with Crippen LogP contribution >= 0.6 is 0 Å². The van der Waals surface area contributed by atoms with Crippen molar-refractivity contribution in [2.75, 3.05) is 25.0 Å². The lowest BCUT2D eigenvalue weighted by Gasteiger charge is -2.16. The van der Waals surface area contributed by atoms with Crippen LogP contribution in [0.3, 0.4) is 0 Å². The molecule has 0 aliphatic rings. The normalized spacial score (nSPS) is 10.4. The summed E-state index contributed by atoms with van der Waals surface area (Å²) in [6.07, 6.45) is 5.53. The summed E-state index contributed by atoms with van der Waals surface area (Å²) in [7, 11) is 2.01. The van der Waals surface area contributed by atoms with Gasteiger partial charge in [0.05, 0.1) is 0 Å². The summed E-state index contributed by atoms with van der Waals surface area (Å²) < 4.78 is 0. The van der Waals surface area contributed by atoms with Gasteiger partial charge in [0.25, 0.3) is 0 Å². The van der Waals surface area contributed by atoms with Gasteiger partial charge in [-0.2, -0.15) is 0 Å². The first-order valence-electron chi connectivity index (χ1n) is 6.55. The largest absolute Gasteiger partial charge is 0.344 e. The average molecular weight is 256 g/mol. The smallest absolute Gasteiger partial charge is 0.225 e. The number of likely N-dealkylation sites (N-methyl/N-ethyl adjacent to an activating group) is 1. The minimum absolute atomic E-state index is 0.632. The highest BCUT2D eigenvalue weighted by Gasteiger charge is 2.04. The van der Waals surface area contributed by atoms with Gasteiger partial charge < -0.3 is 10.6 Å². The Labute approximate surface area is 114 Å². The Hall–Kier alpha value is -1.94. The van der Waals surface area contributed by atoms with Crippen LogP contribution in [0.5, 0.6) is 0 Å². The van der Waals surface area contributed by atoms with Crippen molar-refractivity contribution in [2.24, 2.45) is 5.73 Å². The van der Waals surface area contributed by atoms with Crippen LogP contribution in [0, 0.1) is 0 Å². The Bertz CT molecular complexity index is 481. The van der Waals surface area contributed by atoms with Crippen LogP contribution in [0.15, 0.2) is 42.7 Å². The number of anilines is 1. The van der Waals surface area contributed by atoms with Crippen molar-refractivity contribution in [1.29, 1.82) is 0 Å². The first kappa shape index (κ1) is 13.5. The van der Waals surface area contributed by atoms with Crippen molar-refractivity contribution in [3.63, 3.8) is 0 Å². The molecule has 0 bridgehead atoms. The van der Waals surface area contributed by atoms with E-state index in [1.54, 1.807) is 0 Å². The summed E-state index contributed by atoms with van der Waals surface area (Å²) in [5, 5.41) is 0. The van der Waals surface area contributed by atoms with Gasteiger partial charge in [-0.3, -0.25) is 0 Å². The first-order chi connectivity index (χ1) is 9.29. The number of nitrogens with two attached hydrogens (primary N) is 1. The maximum atomic E-state index is 5.50. The lowest BCUT2D eigenvalue weighted by Crippen LogP contribution is -2.22. The van der Waals surface area contributed by atoms with Crippen molar-refractivity contribution >= 4 is 5.95 Å². The Morgan fingerprint density at radius 1 is 1.00 bits per heavy atom. The molecular formula is C15H20N4. The first-order valence-corrected chi connectivity index (χ1v) is 6.55. The summed E-state index contributed by atoms with van der Waals surface area (Å²) in [5.41, 5.74) is 7.92. The zero-order valence-electron chi connectivity index (χ0n) is 11.3. The van der Waals surface area contributed by atoms with Crippen molar-refractivity contribution in [3.05, 3.63) is 53.9 Å². The van der Waals surface area contributed by atoms with E-state index in [0.29, 0.717) is 6.54 Å². The molecule has 0 atom stereocenters. The Balaban J connectivity index is 1.90. The maximum Gasteiger partial charge on any atom is 0.225 e. The van der Waals surface area contributed by atoms with E-state index in [1.807, 2.05) is 25.5 Å². The van der Waals surface area contributed by atoms with Crippen molar-refractivity contribution in [2.45, 2.75) is 12.8 Å². The zero-order chi connectivity index (χ0) is 13.5. The van der Waals surface area contributed by atoms with E-state index in [9.17, 15) is 0 Å². The van der Waals surface area contributed by atoms with Gasteiger partial charge in [-0.05, 0) is 30.5 Å². The fourth-order valence-electron chi connectivity index (χ4n) is 1.88. The molecule has 1 aromatic carbocycles. The molecule has 2 aromatic rings. The van der Waals surface area contributed by atoms with E-state index in [2.05, 4.69) is 39.1 Å². The van der Waals surface area contributed by atoms with Crippen LogP contribution in [-0.2, 0) is 12.8 Å². The monoisotopic (exact) mass is 256 g/mol. The molecule has 4 heteroatoms. The van der Waals surface area contributed by atoms with E-state index in [1.165, 1.54) is 5.56 Å². The predicted molar refractivity (Wildman–Crippen MR) is 78.2 cm³/mol. The van der Waals surface area contributed by atoms with E-state index in [-0.39, 0.29) is 0 Å². The molecule has 0 aliphatic carbocycles. The van der Waals surface area contributed by atoms with Crippen LogP contribution in [0.4, 0.5) is 5.95 Å². The molecule has 0 fully saturated rings. The number of benzene rings is 1. The number of hydrogen-bond acceptors (Lipinski definition) is 4. The topological polar surface area (TPSA) is 55.0 Å².